The van der Waals surface area contributed by atoms with Crippen LogP contribution in [0.2, 0.25) is 0 Å². The Bertz CT molecular complexity index is 536. The average molecular weight is 248 g/mol. The van der Waals surface area contributed by atoms with Crippen molar-refractivity contribution >= 4 is 29.1 Å². The predicted molar refractivity (Wildman–Crippen MR) is 68.4 cm³/mol. The van der Waals surface area contributed by atoms with E-state index in [1.54, 1.807) is 6.07 Å². The Kier molecular flexibility index (Phi) is 3.01. The van der Waals surface area contributed by atoms with E-state index in [9.17, 15) is 0 Å². The lowest BCUT2D eigenvalue weighted by molar-refractivity contribution is 0.973. The highest BCUT2D eigenvalue weighted by Gasteiger charge is 2.08. The summed E-state index contributed by atoms with van der Waals surface area (Å²) in [6.07, 6.45) is 0. The predicted octanol–water partition coefficient (Wildman–Crippen LogP) is 1.08. The number of rotatable bonds is 2. The zero-order valence-corrected chi connectivity index (χ0v) is 10.0. The fraction of sp³-hybridized carbons (Fsp3) is 0.100. The number of pyridine rings is 1. The van der Waals surface area contributed by atoms with Crippen LogP contribution in [0.15, 0.2) is 28.4 Å². The molecule has 2 rings (SSSR count). The standard InChI is InChI=1S/C10H12N6S/c1-5-2-3-6(11)9(14-5)17-10-15-7(12)4-8(13)16-10/h2-4H,11H2,1H3,(H4,12,13,15,16). The lowest BCUT2D eigenvalue weighted by atomic mass is 10.3. The van der Waals surface area contributed by atoms with Gasteiger partial charge in [-0.3, -0.25) is 0 Å². The maximum atomic E-state index is 5.81. The van der Waals surface area contributed by atoms with Gasteiger partial charge in [0.25, 0.3) is 0 Å². The fourth-order valence-corrected chi connectivity index (χ4v) is 2.07. The van der Waals surface area contributed by atoms with Crippen molar-refractivity contribution in [3.63, 3.8) is 0 Å². The minimum Gasteiger partial charge on any atom is -0.397 e. The number of aromatic nitrogens is 3. The van der Waals surface area contributed by atoms with E-state index < -0.39 is 0 Å². The van der Waals surface area contributed by atoms with E-state index in [1.807, 2.05) is 13.0 Å². The van der Waals surface area contributed by atoms with Crippen molar-refractivity contribution in [3.8, 4) is 0 Å². The lowest BCUT2D eigenvalue weighted by Gasteiger charge is -2.05. The SMILES string of the molecule is Cc1ccc(N)c(Sc2nc(N)cc(N)n2)n1. The van der Waals surface area contributed by atoms with Gasteiger partial charge in [0.15, 0.2) is 5.16 Å². The summed E-state index contributed by atoms with van der Waals surface area (Å²) in [7, 11) is 0. The molecule has 2 heterocycles. The van der Waals surface area contributed by atoms with Crippen molar-refractivity contribution in [3.05, 3.63) is 23.9 Å². The molecule has 0 aliphatic heterocycles. The van der Waals surface area contributed by atoms with Crippen LogP contribution >= 0.6 is 11.8 Å². The van der Waals surface area contributed by atoms with Gasteiger partial charge in [0, 0.05) is 11.8 Å². The molecule has 0 aromatic carbocycles. The minimum absolute atomic E-state index is 0.325. The first-order chi connectivity index (χ1) is 8.04. The van der Waals surface area contributed by atoms with Crippen molar-refractivity contribution in [2.24, 2.45) is 0 Å². The number of aryl methyl sites for hydroxylation is 1. The molecule has 0 atom stereocenters. The Labute approximate surface area is 103 Å². The molecule has 0 radical (unpaired) electrons. The second-order valence-electron chi connectivity index (χ2n) is 3.45. The van der Waals surface area contributed by atoms with E-state index in [1.165, 1.54) is 17.8 Å². The van der Waals surface area contributed by atoms with Crippen LogP contribution in [0.5, 0.6) is 0 Å². The molecule has 6 N–H and O–H groups in total. The van der Waals surface area contributed by atoms with Gasteiger partial charge in [-0.15, -0.1) is 0 Å². The summed E-state index contributed by atoms with van der Waals surface area (Å²) < 4.78 is 0. The Morgan fingerprint density at radius 1 is 1.00 bits per heavy atom. The molecular weight excluding hydrogens is 236 g/mol. The third kappa shape index (κ3) is 2.76. The zero-order chi connectivity index (χ0) is 12.4. The Morgan fingerprint density at radius 3 is 2.29 bits per heavy atom. The third-order valence-corrected chi connectivity index (χ3v) is 2.85. The molecule has 0 aliphatic carbocycles. The summed E-state index contributed by atoms with van der Waals surface area (Å²) in [6, 6.07) is 5.13. The van der Waals surface area contributed by atoms with Gasteiger partial charge in [0.05, 0.1) is 5.69 Å². The van der Waals surface area contributed by atoms with Crippen molar-refractivity contribution in [2.45, 2.75) is 17.1 Å². The summed E-state index contributed by atoms with van der Waals surface area (Å²) in [6.45, 7) is 1.89. The largest absolute Gasteiger partial charge is 0.397 e. The van der Waals surface area contributed by atoms with Gasteiger partial charge in [-0.2, -0.15) is 0 Å². The monoisotopic (exact) mass is 248 g/mol. The zero-order valence-electron chi connectivity index (χ0n) is 9.21. The molecule has 7 heteroatoms. The first kappa shape index (κ1) is 11.5. The highest BCUT2D eigenvalue weighted by Crippen LogP contribution is 2.28. The van der Waals surface area contributed by atoms with E-state index >= 15 is 0 Å². The van der Waals surface area contributed by atoms with Crippen LogP contribution in [0.4, 0.5) is 17.3 Å². The van der Waals surface area contributed by atoms with Crippen LogP contribution in [0.25, 0.3) is 0 Å². The topological polar surface area (TPSA) is 117 Å². The molecule has 0 saturated heterocycles. The number of nitrogen functional groups attached to an aromatic ring is 3. The summed E-state index contributed by atoms with van der Waals surface area (Å²) in [5.41, 5.74) is 18.4. The summed E-state index contributed by atoms with van der Waals surface area (Å²) in [5, 5.41) is 1.09. The first-order valence-corrected chi connectivity index (χ1v) is 5.67. The molecule has 2 aromatic rings. The maximum Gasteiger partial charge on any atom is 0.197 e. The summed E-state index contributed by atoms with van der Waals surface area (Å²) in [4.78, 5) is 12.4. The van der Waals surface area contributed by atoms with Crippen LogP contribution in [0.3, 0.4) is 0 Å². The third-order valence-electron chi connectivity index (χ3n) is 1.96. The summed E-state index contributed by atoms with van der Waals surface area (Å²) in [5.74, 6) is 0.650. The molecular formula is C10H12N6S. The van der Waals surface area contributed by atoms with Gasteiger partial charge in [0.1, 0.15) is 16.7 Å². The number of hydrogen-bond acceptors (Lipinski definition) is 7. The van der Waals surface area contributed by atoms with Crippen LogP contribution in [-0.2, 0) is 0 Å². The molecule has 0 saturated carbocycles. The van der Waals surface area contributed by atoms with Gasteiger partial charge < -0.3 is 17.2 Å². The molecule has 0 unspecified atom stereocenters. The van der Waals surface area contributed by atoms with Crippen molar-refractivity contribution < 1.29 is 0 Å². The van der Waals surface area contributed by atoms with Crippen molar-refractivity contribution in [1.29, 1.82) is 0 Å². The Balaban J connectivity index is 2.34. The molecule has 0 amide bonds. The van der Waals surface area contributed by atoms with Gasteiger partial charge in [-0.25, -0.2) is 15.0 Å². The van der Waals surface area contributed by atoms with Crippen LogP contribution in [-0.4, -0.2) is 15.0 Å². The average Bonchev–Trinajstić information content (AvgIpc) is 2.22. The number of nitrogens with two attached hydrogens (primary N) is 3. The lowest BCUT2D eigenvalue weighted by Crippen LogP contribution is -2.00. The smallest absolute Gasteiger partial charge is 0.197 e. The molecule has 17 heavy (non-hydrogen) atoms. The van der Waals surface area contributed by atoms with E-state index in [0.717, 1.165) is 5.69 Å². The van der Waals surface area contributed by atoms with E-state index in [-0.39, 0.29) is 0 Å². The molecule has 0 fully saturated rings. The van der Waals surface area contributed by atoms with Gasteiger partial charge in [-0.05, 0) is 30.8 Å². The first-order valence-electron chi connectivity index (χ1n) is 4.85. The Hall–Kier alpha value is -2.02. The summed E-state index contributed by atoms with van der Waals surface area (Å²) >= 11 is 1.24. The molecule has 0 aliphatic rings. The van der Waals surface area contributed by atoms with Crippen molar-refractivity contribution in [1.82, 2.24) is 15.0 Å². The minimum atomic E-state index is 0.325. The molecule has 0 spiro atoms. The van der Waals surface area contributed by atoms with Gasteiger partial charge in [-0.1, -0.05) is 0 Å². The number of hydrogen-bond donors (Lipinski definition) is 3. The molecule has 6 nitrogen and oxygen atoms in total. The second-order valence-corrected chi connectivity index (χ2v) is 4.41. The molecule has 0 bridgehead atoms. The quantitative estimate of drug-likeness (QED) is 0.680. The normalized spacial score (nSPS) is 10.4. The maximum absolute atomic E-state index is 5.81. The van der Waals surface area contributed by atoms with E-state index in [4.69, 9.17) is 17.2 Å². The van der Waals surface area contributed by atoms with E-state index in [0.29, 0.717) is 27.5 Å². The highest BCUT2D eigenvalue weighted by molar-refractivity contribution is 7.99. The van der Waals surface area contributed by atoms with Crippen LogP contribution < -0.4 is 17.2 Å². The highest BCUT2D eigenvalue weighted by atomic mass is 32.2. The molecule has 2 aromatic heterocycles. The fourth-order valence-electron chi connectivity index (χ4n) is 1.22. The Morgan fingerprint density at radius 2 is 1.65 bits per heavy atom. The van der Waals surface area contributed by atoms with E-state index in [2.05, 4.69) is 15.0 Å². The van der Waals surface area contributed by atoms with Crippen molar-refractivity contribution in [2.75, 3.05) is 17.2 Å². The second kappa shape index (κ2) is 4.46. The number of nitrogens with zero attached hydrogens (tertiary/aromatic N) is 3. The number of anilines is 3. The van der Waals surface area contributed by atoms with Gasteiger partial charge in [0.2, 0.25) is 0 Å². The van der Waals surface area contributed by atoms with Gasteiger partial charge >= 0.3 is 0 Å². The van der Waals surface area contributed by atoms with Crippen LogP contribution in [0.1, 0.15) is 5.69 Å². The van der Waals surface area contributed by atoms with Crippen LogP contribution in [0, 0.1) is 6.92 Å². The molecule has 88 valence electrons.